The quantitative estimate of drug-likeness (QED) is 0.725. The number of aromatic nitrogens is 1. The van der Waals surface area contributed by atoms with Gasteiger partial charge in [-0.05, 0) is 35.7 Å². The number of morpholine rings is 1. The number of benzene rings is 2. The van der Waals surface area contributed by atoms with Gasteiger partial charge in [-0.3, -0.25) is 4.79 Å². The molecule has 5 heteroatoms. The lowest BCUT2D eigenvalue weighted by atomic mass is 10.0. The largest absolute Gasteiger partial charge is 0.378 e. The summed E-state index contributed by atoms with van der Waals surface area (Å²) in [5.41, 5.74) is 3.73. The number of amides is 1. The zero-order valence-corrected chi connectivity index (χ0v) is 16.3. The third kappa shape index (κ3) is 3.85. The molecule has 1 amide bonds. The lowest BCUT2D eigenvalue weighted by molar-refractivity contribution is 0.0304. The van der Waals surface area contributed by atoms with Crippen LogP contribution >= 0.6 is 0 Å². The molecule has 4 rings (SSSR count). The first-order valence-corrected chi connectivity index (χ1v) is 9.75. The Morgan fingerprint density at radius 1 is 1.07 bits per heavy atom. The van der Waals surface area contributed by atoms with Gasteiger partial charge in [-0.2, -0.15) is 0 Å². The van der Waals surface area contributed by atoms with Gasteiger partial charge in [0.1, 0.15) is 5.82 Å². The molecule has 0 bridgehead atoms. The van der Waals surface area contributed by atoms with Crippen LogP contribution in [0.4, 0.5) is 11.5 Å². The van der Waals surface area contributed by atoms with Crippen molar-refractivity contribution in [3.8, 4) is 0 Å². The predicted molar refractivity (Wildman–Crippen MR) is 112 cm³/mol. The minimum atomic E-state index is 0.0279. The van der Waals surface area contributed by atoms with Crippen molar-refractivity contribution in [2.75, 3.05) is 31.6 Å². The highest BCUT2D eigenvalue weighted by Gasteiger charge is 2.21. The van der Waals surface area contributed by atoms with Gasteiger partial charge in [0.25, 0.3) is 5.91 Å². The fourth-order valence-electron chi connectivity index (χ4n) is 3.45. The van der Waals surface area contributed by atoms with Crippen molar-refractivity contribution in [2.24, 2.45) is 0 Å². The standard InChI is InChI=1S/C23H25N3O2/c1-16(2)17-7-9-18(10-8-17)24-22-15-20(19-5-3-4-6-21(19)25-22)23(27)26-11-13-28-14-12-26/h3-10,15-16H,11-14H2,1-2H3,(H,24,25). The molecule has 2 aromatic carbocycles. The molecule has 0 unspecified atom stereocenters. The Hall–Kier alpha value is -2.92. The lowest BCUT2D eigenvalue weighted by Crippen LogP contribution is -2.40. The first kappa shape index (κ1) is 18.4. The summed E-state index contributed by atoms with van der Waals surface area (Å²) in [6.07, 6.45) is 0. The van der Waals surface area contributed by atoms with E-state index in [0.29, 0.717) is 43.6 Å². The van der Waals surface area contributed by atoms with Crippen LogP contribution in [0.1, 0.15) is 35.7 Å². The maximum Gasteiger partial charge on any atom is 0.254 e. The number of hydrogen-bond donors (Lipinski definition) is 1. The van der Waals surface area contributed by atoms with Crippen molar-refractivity contribution >= 4 is 28.3 Å². The van der Waals surface area contributed by atoms with Crippen LogP contribution < -0.4 is 5.32 Å². The van der Waals surface area contributed by atoms with Crippen LogP contribution in [0.3, 0.4) is 0 Å². The van der Waals surface area contributed by atoms with Gasteiger partial charge in [0.15, 0.2) is 0 Å². The monoisotopic (exact) mass is 375 g/mol. The van der Waals surface area contributed by atoms with Gasteiger partial charge >= 0.3 is 0 Å². The third-order valence-electron chi connectivity index (χ3n) is 5.09. The Bertz CT molecular complexity index is 977. The smallest absolute Gasteiger partial charge is 0.254 e. The number of nitrogens with one attached hydrogen (secondary N) is 1. The topological polar surface area (TPSA) is 54.5 Å². The van der Waals surface area contributed by atoms with Crippen molar-refractivity contribution in [2.45, 2.75) is 19.8 Å². The summed E-state index contributed by atoms with van der Waals surface area (Å²) in [7, 11) is 0. The van der Waals surface area contributed by atoms with E-state index < -0.39 is 0 Å². The maximum absolute atomic E-state index is 13.2. The Morgan fingerprint density at radius 2 is 1.79 bits per heavy atom. The van der Waals surface area contributed by atoms with E-state index in [2.05, 4.69) is 43.4 Å². The molecule has 0 spiro atoms. The summed E-state index contributed by atoms with van der Waals surface area (Å²) in [6.45, 7) is 6.77. The second-order valence-corrected chi connectivity index (χ2v) is 7.38. The molecule has 1 aliphatic rings. The van der Waals surface area contributed by atoms with E-state index in [9.17, 15) is 4.79 Å². The van der Waals surface area contributed by atoms with Gasteiger partial charge in [0.05, 0.1) is 24.3 Å². The van der Waals surface area contributed by atoms with E-state index in [4.69, 9.17) is 9.72 Å². The summed E-state index contributed by atoms with van der Waals surface area (Å²) in [4.78, 5) is 19.7. The normalized spacial score (nSPS) is 14.5. The number of anilines is 2. The molecule has 1 saturated heterocycles. The number of hydrogen-bond acceptors (Lipinski definition) is 4. The second-order valence-electron chi connectivity index (χ2n) is 7.38. The second kappa shape index (κ2) is 7.98. The molecule has 28 heavy (non-hydrogen) atoms. The molecule has 2 heterocycles. The van der Waals surface area contributed by atoms with E-state index in [1.807, 2.05) is 35.2 Å². The molecule has 1 fully saturated rings. The zero-order chi connectivity index (χ0) is 19.5. The van der Waals surface area contributed by atoms with E-state index in [1.54, 1.807) is 0 Å². The van der Waals surface area contributed by atoms with E-state index in [1.165, 1.54) is 5.56 Å². The van der Waals surface area contributed by atoms with Crippen LogP contribution in [0.25, 0.3) is 10.9 Å². The number of ether oxygens (including phenoxy) is 1. The fourth-order valence-corrected chi connectivity index (χ4v) is 3.45. The highest BCUT2D eigenvalue weighted by molar-refractivity contribution is 6.07. The molecule has 0 atom stereocenters. The van der Waals surface area contributed by atoms with E-state index in [0.717, 1.165) is 16.6 Å². The molecule has 1 aliphatic heterocycles. The molecule has 144 valence electrons. The number of rotatable bonds is 4. The van der Waals surface area contributed by atoms with Gasteiger partial charge in [-0.25, -0.2) is 4.98 Å². The summed E-state index contributed by atoms with van der Waals surface area (Å²) in [6, 6.07) is 18.0. The lowest BCUT2D eigenvalue weighted by Gasteiger charge is -2.27. The summed E-state index contributed by atoms with van der Waals surface area (Å²) < 4.78 is 5.38. The molecular formula is C23H25N3O2. The fraction of sp³-hybridized carbons (Fsp3) is 0.304. The number of pyridine rings is 1. The van der Waals surface area contributed by atoms with Crippen molar-refractivity contribution < 1.29 is 9.53 Å². The molecule has 0 saturated carbocycles. The van der Waals surface area contributed by atoms with Gasteiger partial charge < -0.3 is 15.0 Å². The van der Waals surface area contributed by atoms with Gasteiger partial charge in [0, 0.05) is 24.2 Å². The molecule has 1 N–H and O–H groups in total. The number of nitrogens with zero attached hydrogens (tertiary/aromatic N) is 2. The SMILES string of the molecule is CC(C)c1ccc(Nc2cc(C(=O)N3CCOCC3)c3ccccc3n2)cc1. The van der Waals surface area contributed by atoms with Gasteiger partial charge in [-0.1, -0.05) is 44.2 Å². The van der Waals surface area contributed by atoms with Crippen molar-refractivity contribution in [3.63, 3.8) is 0 Å². The van der Waals surface area contributed by atoms with Crippen LogP contribution in [0.2, 0.25) is 0 Å². The summed E-state index contributed by atoms with van der Waals surface area (Å²) >= 11 is 0. The Balaban J connectivity index is 1.68. The van der Waals surface area contributed by atoms with Crippen molar-refractivity contribution in [3.05, 3.63) is 65.7 Å². The molecule has 0 radical (unpaired) electrons. The predicted octanol–water partition coefficient (Wildman–Crippen LogP) is 4.57. The Kier molecular flexibility index (Phi) is 5.26. The van der Waals surface area contributed by atoms with E-state index in [-0.39, 0.29) is 5.91 Å². The van der Waals surface area contributed by atoms with Gasteiger partial charge in [-0.15, -0.1) is 0 Å². The molecular weight excluding hydrogens is 350 g/mol. The molecule has 0 aliphatic carbocycles. The van der Waals surface area contributed by atoms with Gasteiger partial charge in [0.2, 0.25) is 0 Å². The Morgan fingerprint density at radius 3 is 2.50 bits per heavy atom. The molecule has 1 aromatic heterocycles. The highest BCUT2D eigenvalue weighted by atomic mass is 16.5. The summed E-state index contributed by atoms with van der Waals surface area (Å²) in [5.74, 6) is 1.19. The van der Waals surface area contributed by atoms with E-state index >= 15 is 0 Å². The molecule has 3 aromatic rings. The van der Waals surface area contributed by atoms with Crippen LogP contribution in [0, 0.1) is 0 Å². The van der Waals surface area contributed by atoms with Crippen LogP contribution in [0.5, 0.6) is 0 Å². The average molecular weight is 375 g/mol. The van der Waals surface area contributed by atoms with Crippen LogP contribution in [-0.2, 0) is 4.74 Å². The Labute approximate surface area is 165 Å². The van der Waals surface area contributed by atoms with Crippen LogP contribution in [0.15, 0.2) is 54.6 Å². The number of para-hydroxylation sites is 1. The summed E-state index contributed by atoms with van der Waals surface area (Å²) in [5, 5.41) is 4.23. The third-order valence-corrected chi connectivity index (χ3v) is 5.09. The number of carbonyl (C=O) groups excluding carboxylic acids is 1. The first-order chi connectivity index (χ1) is 13.6. The van der Waals surface area contributed by atoms with Crippen LogP contribution in [-0.4, -0.2) is 42.1 Å². The van der Waals surface area contributed by atoms with Crippen molar-refractivity contribution in [1.29, 1.82) is 0 Å². The first-order valence-electron chi connectivity index (χ1n) is 9.75. The minimum Gasteiger partial charge on any atom is -0.378 e. The minimum absolute atomic E-state index is 0.0279. The number of fused-ring (bicyclic) bond motifs is 1. The van der Waals surface area contributed by atoms with Crippen molar-refractivity contribution in [1.82, 2.24) is 9.88 Å². The average Bonchev–Trinajstić information content (AvgIpc) is 2.73. The zero-order valence-electron chi connectivity index (χ0n) is 16.3. The molecule has 5 nitrogen and oxygen atoms in total. The highest BCUT2D eigenvalue weighted by Crippen LogP contribution is 2.25. The maximum atomic E-state index is 13.2. The number of carbonyl (C=O) groups is 1.